The minimum absolute atomic E-state index is 0.0369. The van der Waals surface area contributed by atoms with E-state index in [1.807, 2.05) is 0 Å². The van der Waals surface area contributed by atoms with Crippen LogP contribution in [-0.2, 0) is 11.8 Å². The van der Waals surface area contributed by atoms with Gasteiger partial charge in [0.15, 0.2) is 0 Å². The second kappa shape index (κ2) is 3.06. The van der Waals surface area contributed by atoms with Crippen molar-refractivity contribution >= 4 is 27.8 Å². The van der Waals surface area contributed by atoms with Crippen molar-refractivity contribution in [3.63, 3.8) is 0 Å². The maximum Gasteiger partial charge on any atom is 0.272 e. The molecule has 1 atom stereocenters. The maximum atomic E-state index is 11.4. The topological polar surface area (TPSA) is 63.9 Å². The Bertz CT molecular complexity index is 338. The van der Waals surface area contributed by atoms with Crippen LogP contribution in [0, 0.1) is 0 Å². The van der Waals surface area contributed by atoms with Crippen molar-refractivity contribution in [1.29, 1.82) is 0 Å². The summed E-state index contributed by atoms with van der Waals surface area (Å²) in [6.45, 7) is 0.616. The highest BCUT2D eigenvalue weighted by molar-refractivity contribution is 9.09. The van der Waals surface area contributed by atoms with Gasteiger partial charge in [-0.2, -0.15) is 4.80 Å². The summed E-state index contributed by atoms with van der Waals surface area (Å²) in [4.78, 5) is 14.4. The third-order valence-corrected chi connectivity index (χ3v) is 2.43. The third-order valence-electron chi connectivity index (χ3n) is 1.82. The highest BCUT2D eigenvalue weighted by Gasteiger charge is 2.31. The molecule has 13 heavy (non-hydrogen) atoms. The van der Waals surface area contributed by atoms with E-state index in [4.69, 9.17) is 0 Å². The summed E-state index contributed by atoms with van der Waals surface area (Å²) in [7, 11) is 1.67. The summed E-state index contributed by atoms with van der Waals surface area (Å²) >= 11 is 3.38. The quantitative estimate of drug-likeness (QED) is 0.639. The molecule has 0 bridgehead atoms. The summed E-state index contributed by atoms with van der Waals surface area (Å²) in [6, 6.07) is 0. The first kappa shape index (κ1) is 8.61. The van der Waals surface area contributed by atoms with Gasteiger partial charge in [0.05, 0.1) is 7.05 Å². The Morgan fingerprint density at radius 3 is 2.85 bits per heavy atom. The number of anilines is 1. The van der Waals surface area contributed by atoms with E-state index in [1.54, 1.807) is 7.05 Å². The Morgan fingerprint density at radius 2 is 2.38 bits per heavy atom. The van der Waals surface area contributed by atoms with Crippen molar-refractivity contribution in [2.24, 2.45) is 7.05 Å². The number of nitrogens with zero attached hydrogens (tertiary/aromatic N) is 5. The van der Waals surface area contributed by atoms with E-state index >= 15 is 0 Å². The Kier molecular flexibility index (Phi) is 2.03. The summed E-state index contributed by atoms with van der Waals surface area (Å²) < 4.78 is 0. The van der Waals surface area contributed by atoms with Crippen LogP contribution in [0.25, 0.3) is 0 Å². The van der Waals surface area contributed by atoms with Gasteiger partial charge < -0.3 is 0 Å². The largest absolute Gasteiger partial charge is 0.277 e. The minimum Gasteiger partial charge on any atom is -0.277 e. The third kappa shape index (κ3) is 1.55. The van der Waals surface area contributed by atoms with Gasteiger partial charge in [0.1, 0.15) is 0 Å². The van der Waals surface area contributed by atoms with Gasteiger partial charge in [-0.25, -0.2) is 0 Å². The monoisotopic (exact) mass is 245 g/mol. The highest BCUT2D eigenvalue weighted by Crippen LogP contribution is 2.21. The van der Waals surface area contributed by atoms with Crippen LogP contribution in [-0.4, -0.2) is 37.5 Å². The predicted molar refractivity (Wildman–Crippen MR) is 48.5 cm³/mol. The molecule has 2 heterocycles. The smallest absolute Gasteiger partial charge is 0.272 e. The number of rotatable bonds is 1. The van der Waals surface area contributed by atoms with Crippen LogP contribution in [0.5, 0.6) is 0 Å². The second-order valence-corrected chi connectivity index (χ2v) is 4.18. The number of amides is 1. The number of hydrogen-bond donors (Lipinski definition) is 0. The maximum absolute atomic E-state index is 11.4. The van der Waals surface area contributed by atoms with Crippen molar-refractivity contribution in [1.82, 2.24) is 20.2 Å². The summed E-state index contributed by atoms with van der Waals surface area (Å²) in [5, 5.41) is 11.4. The van der Waals surface area contributed by atoms with E-state index in [0.29, 0.717) is 18.9 Å². The van der Waals surface area contributed by atoms with Crippen molar-refractivity contribution in [2.45, 2.75) is 11.2 Å². The van der Waals surface area contributed by atoms with Crippen LogP contribution in [0.4, 0.5) is 5.95 Å². The molecule has 70 valence electrons. The Morgan fingerprint density at radius 1 is 1.62 bits per heavy atom. The van der Waals surface area contributed by atoms with E-state index in [1.165, 1.54) is 9.70 Å². The van der Waals surface area contributed by atoms with Crippen LogP contribution < -0.4 is 4.90 Å². The van der Waals surface area contributed by atoms with Crippen LogP contribution in [0.15, 0.2) is 0 Å². The molecule has 0 N–H and O–H groups in total. The minimum atomic E-state index is 0.0369. The van der Waals surface area contributed by atoms with Gasteiger partial charge in [-0.15, -0.1) is 5.10 Å². The SMILES string of the molecule is Cn1nnc(N2CC(Br)CC2=O)n1. The van der Waals surface area contributed by atoms with Crippen LogP contribution in [0.3, 0.4) is 0 Å². The molecule has 0 aliphatic carbocycles. The van der Waals surface area contributed by atoms with Gasteiger partial charge in [0.25, 0.3) is 5.95 Å². The van der Waals surface area contributed by atoms with Gasteiger partial charge in [0.2, 0.25) is 5.91 Å². The highest BCUT2D eigenvalue weighted by atomic mass is 79.9. The molecule has 6 nitrogen and oxygen atoms in total. The van der Waals surface area contributed by atoms with Crippen molar-refractivity contribution in [2.75, 3.05) is 11.4 Å². The number of carbonyl (C=O) groups is 1. The zero-order valence-corrected chi connectivity index (χ0v) is 8.60. The lowest BCUT2D eigenvalue weighted by molar-refractivity contribution is -0.117. The molecule has 1 aliphatic rings. The molecule has 2 rings (SSSR count). The average molecular weight is 246 g/mol. The molecule has 0 saturated carbocycles. The van der Waals surface area contributed by atoms with Gasteiger partial charge >= 0.3 is 0 Å². The second-order valence-electron chi connectivity index (χ2n) is 2.88. The fourth-order valence-corrected chi connectivity index (χ4v) is 1.81. The molecule has 7 heteroatoms. The van der Waals surface area contributed by atoms with E-state index < -0.39 is 0 Å². The number of tetrazole rings is 1. The van der Waals surface area contributed by atoms with E-state index in [0.717, 1.165) is 0 Å². The Labute approximate surface area is 83.0 Å². The fourth-order valence-electron chi connectivity index (χ4n) is 1.24. The van der Waals surface area contributed by atoms with Gasteiger partial charge in [0, 0.05) is 17.8 Å². The van der Waals surface area contributed by atoms with Crippen LogP contribution >= 0.6 is 15.9 Å². The van der Waals surface area contributed by atoms with Crippen molar-refractivity contribution in [3.05, 3.63) is 0 Å². The average Bonchev–Trinajstić information content (AvgIpc) is 2.58. The normalized spacial score (nSPS) is 22.8. The first-order chi connectivity index (χ1) is 6.16. The van der Waals surface area contributed by atoms with E-state index in [2.05, 4.69) is 31.3 Å². The number of halogens is 1. The van der Waals surface area contributed by atoms with E-state index in [-0.39, 0.29) is 10.7 Å². The molecule has 0 radical (unpaired) electrons. The first-order valence-corrected chi connectivity index (χ1v) is 4.77. The fraction of sp³-hybridized carbons (Fsp3) is 0.667. The predicted octanol–water partition coefficient (Wildman–Crippen LogP) is -0.290. The number of carbonyl (C=O) groups excluding carboxylic acids is 1. The lowest BCUT2D eigenvalue weighted by Gasteiger charge is -2.08. The molecule has 0 spiro atoms. The number of hydrogen-bond acceptors (Lipinski definition) is 4. The zero-order chi connectivity index (χ0) is 9.42. The molecular formula is C6H8BrN5O. The molecular weight excluding hydrogens is 238 g/mol. The van der Waals surface area contributed by atoms with Crippen molar-refractivity contribution in [3.8, 4) is 0 Å². The number of aromatic nitrogens is 4. The summed E-state index contributed by atoms with van der Waals surface area (Å²) in [5.41, 5.74) is 0. The molecule has 0 aromatic carbocycles. The Hall–Kier alpha value is -0.980. The van der Waals surface area contributed by atoms with Crippen molar-refractivity contribution < 1.29 is 4.79 Å². The summed E-state index contributed by atoms with van der Waals surface area (Å²) in [6.07, 6.45) is 0.498. The van der Waals surface area contributed by atoms with Gasteiger partial charge in [-0.1, -0.05) is 21.0 Å². The van der Waals surface area contributed by atoms with Gasteiger partial charge in [-0.05, 0) is 5.21 Å². The Balaban J connectivity index is 2.22. The molecule has 1 unspecified atom stereocenters. The van der Waals surface area contributed by atoms with Gasteiger partial charge in [-0.3, -0.25) is 9.69 Å². The first-order valence-electron chi connectivity index (χ1n) is 3.85. The molecule has 1 aliphatic heterocycles. The molecule has 1 aromatic heterocycles. The lowest BCUT2D eigenvalue weighted by atomic mass is 10.4. The molecule has 1 aromatic rings. The number of alkyl halides is 1. The molecule has 1 fully saturated rings. The zero-order valence-electron chi connectivity index (χ0n) is 7.01. The van der Waals surface area contributed by atoms with Crippen LogP contribution in [0.1, 0.15) is 6.42 Å². The van der Waals surface area contributed by atoms with Crippen LogP contribution in [0.2, 0.25) is 0 Å². The van der Waals surface area contributed by atoms with E-state index in [9.17, 15) is 4.79 Å². The molecule has 1 saturated heterocycles. The summed E-state index contributed by atoms with van der Waals surface area (Å²) in [5.74, 6) is 0.421. The molecule has 1 amide bonds. The standard InChI is InChI=1S/C6H8BrN5O/c1-11-9-6(8-10-11)12-3-4(7)2-5(12)13/h4H,2-3H2,1H3. The number of aryl methyl sites for hydroxylation is 1. The lowest BCUT2D eigenvalue weighted by Crippen LogP contribution is -2.25.